The van der Waals surface area contributed by atoms with Gasteiger partial charge >= 0.3 is 0 Å². The molecule has 0 aromatic heterocycles. The van der Waals surface area contributed by atoms with Gasteiger partial charge in [-0.25, -0.2) is 0 Å². The fourth-order valence-corrected chi connectivity index (χ4v) is 5.15. The lowest BCUT2D eigenvalue weighted by Crippen LogP contribution is -2.52. The topological polar surface area (TPSA) is 79.8 Å². The van der Waals surface area contributed by atoms with Gasteiger partial charge in [0.2, 0.25) is 0 Å². The van der Waals surface area contributed by atoms with E-state index < -0.39 is 5.54 Å². The monoisotopic (exact) mass is 416 g/mol. The van der Waals surface area contributed by atoms with Gasteiger partial charge in [-0.3, -0.25) is 4.79 Å². The molecule has 2 aliphatic rings. The number of aromatic hydroxyl groups is 1. The highest BCUT2D eigenvalue weighted by molar-refractivity contribution is 6.08. The summed E-state index contributed by atoms with van der Waals surface area (Å²) >= 11 is 0. The normalized spacial score (nSPS) is 23.5. The number of amides is 1. The molecule has 5 rings (SSSR count). The largest absolute Gasteiger partial charge is 0.504 e. The van der Waals surface area contributed by atoms with E-state index in [1.807, 2.05) is 48.5 Å². The zero-order chi connectivity index (χ0) is 21.8. The molecule has 3 aromatic carbocycles. The molecule has 0 radical (unpaired) electrons. The molecule has 0 unspecified atom stereocenters. The number of fused-ring (bicyclic) bond motifs is 3. The highest BCUT2D eigenvalue weighted by Gasteiger charge is 2.56. The molecule has 3 aromatic rings. The van der Waals surface area contributed by atoms with Gasteiger partial charge in [0.1, 0.15) is 11.3 Å². The number of carbonyl (C=O) groups is 1. The molecule has 0 saturated carbocycles. The number of anilines is 2. The summed E-state index contributed by atoms with van der Waals surface area (Å²) in [6.45, 7) is 2.08. The van der Waals surface area contributed by atoms with E-state index in [-0.39, 0.29) is 23.5 Å². The number of benzene rings is 3. The van der Waals surface area contributed by atoms with E-state index in [0.717, 1.165) is 28.1 Å². The number of hydrogen-bond donors (Lipinski definition) is 3. The highest BCUT2D eigenvalue weighted by Crippen LogP contribution is 2.56. The highest BCUT2D eigenvalue weighted by atomic mass is 16.5. The van der Waals surface area contributed by atoms with Crippen LogP contribution in [0, 0.1) is 5.92 Å². The molecule has 158 valence electrons. The first-order valence-electron chi connectivity index (χ1n) is 10.2. The molecule has 31 heavy (non-hydrogen) atoms. The van der Waals surface area contributed by atoms with Crippen molar-refractivity contribution in [2.24, 2.45) is 5.92 Å². The number of hydrogen-bond acceptors (Lipinski definition) is 5. The van der Waals surface area contributed by atoms with E-state index in [9.17, 15) is 9.90 Å². The average molecular weight is 416 g/mol. The van der Waals surface area contributed by atoms with Gasteiger partial charge < -0.3 is 25.2 Å². The quantitative estimate of drug-likeness (QED) is 0.588. The van der Waals surface area contributed by atoms with E-state index in [0.29, 0.717) is 11.5 Å². The van der Waals surface area contributed by atoms with E-state index in [2.05, 4.69) is 23.6 Å². The van der Waals surface area contributed by atoms with Crippen LogP contribution in [0.25, 0.3) is 0 Å². The number of methoxy groups -OCH3 is 2. The van der Waals surface area contributed by atoms with E-state index in [1.165, 1.54) is 7.11 Å². The minimum atomic E-state index is -0.964. The van der Waals surface area contributed by atoms with Crippen molar-refractivity contribution in [2.75, 3.05) is 24.9 Å². The molecule has 1 spiro atoms. The van der Waals surface area contributed by atoms with Gasteiger partial charge in [0.25, 0.3) is 5.91 Å². The van der Waals surface area contributed by atoms with Gasteiger partial charge in [-0.15, -0.1) is 0 Å². The van der Waals surface area contributed by atoms with Crippen LogP contribution in [0.4, 0.5) is 11.4 Å². The molecule has 0 bridgehead atoms. The molecule has 2 heterocycles. The molecular formula is C25H24N2O4. The Kier molecular flexibility index (Phi) is 4.32. The van der Waals surface area contributed by atoms with Gasteiger partial charge in [0, 0.05) is 23.1 Å². The Morgan fingerprint density at radius 1 is 0.968 bits per heavy atom. The summed E-state index contributed by atoms with van der Waals surface area (Å²) in [5.41, 5.74) is 3.55. The lowest BCUT2D eigenvalue weighted by molar-refractivity contribution is -0.121. The Hall–Kier alpha value is -3.67. The van der Waals surface area contributed by atoms with Crippen LogP contribution in [-0.4, -0.2) is 25.2 Å². The molecule has 3 N–H and O–H groups in total. The zero-order valence-corrected chi connectivity index (χ0v) is 17.6. The molecule has 3 atom stereocenters. The summed E-state index contributed by atoms with van der Waals surface area (Å²) in [5, 5.41) is 16.8. The predicted molar refractivity (Wildman–Crippen MR) is 119 cm³/mol. The number of phenols is 1. The van der Waals surface area contributed by atoms with Gasteiger partial charge in [0.15, 0.2) is 11.5 Å². The Labute approximate surface area is 180 Å². The van der Waals surface area contributed by atoms with Crippen molar-refractivity contribution in [3.05, 3.63) is 77.4 Å². The Balaban J connectivity index is 1.79. The summed E-state index contributed by atoms with van der Waals surface area (Å²) in [7, 11) is 3.16. The average Bonchev–Trinajstić information content (AvgIpc) is 3.07. The van der Waals surface area contributed by atoms with Crippen LogP contribution in [-0.2, 0) is 10.3 Å². The molecule has 0 aliphatic carbocycles. The van der Waals surface area contributed by atoms with Crippen molar-refractivity contribution in [3.63, 3.8) is 0 Å². The van der Waals surface area contributed by atoms with Gasteiger partial charge in [0.05, 0.1) is 19.9 Å². The maximum absolute atomic E-state index is 13.5. The first-order chi connectivity index (χ1) is 15.0. The second-order valence-electron chi connectivity index (χ2n) is 8.05. The Morgan fingerprint density at radius 3 is 2.52 bits per heavy atom. The van der Waals surface area contributed by atoms with Crippen molar-refractivity contribution in [1.29, 1.82) is 0 Å². The van der Waals surface area contributed by atoms with E-state index in [1.54, 1.807) is 13.2 Å². The van der Waals surface area contributed by atoms with E-state index >= 15 is 0 Å². The molecule has 0 fully saturated rings. The molecule has 0 saturated heterocycles. The van der Waals surface area contributed by atoms with Crippen molar-refractivity contribution in [2.45, 2.75) is 18.4 Å². The van der Waals surface area contributed by atoms with Crippen molar-refractivity contribution in [1.82, 2.24) is 0 Å². The van der Waals surface area contributed by atoms with Crippen LogP contribution >= 0.6 is 0 Å². The smallest absolute Gasteiger partial charge is 0.255 e. The number of phenolic OH excluding ortho intramolecular Hbond substituents is 1. The van der Waals surface area contributed by atoms with Crippen LogP contribution in [0.2, 0.25) is 0 Å². The molecular weight excluding hydrogens is 392 g/mol. The van der Waals surface area contributed by atoms with Crippen LogP contribution in [0.15, 0.2) is 60.7 Å². The number of para-hydroxylation sites is 2. The summed E-state index contributed by atoms with van der Waals surface area (Å²) in [4.78, 5) is 13.5. The minimum Gasteiger partial charge on any atom is -0.504 e. The summed E-state index contributed by atoms with van der Waals surface area (Å²) < 4.78 is 11.0. The van der Waals surface area contributed by atoms with Crippen LogP contribution in [0.1, 0.15) is 29.5 Å². The lowest BCUT2D eigenvalue weighted by atomic mass is 9.65. The minimum absolute atomic E-state index is 0.0809. The molecule has 1 amide bonds. The number of carbonyl (C=O) groups excluding carboxylic acids is 1. The number of nitrogens with one attached hydrogen (secondary N) is 2. The van der Waals surface area contributed by atoms with Gasteiger partial charge in [-0.2, -0.15) is 0 Å². The van der Waals surface area contributed by atoms with E-state index in [4.69, 9.17) is 9.47 Å². The fourth-order valence-electron chi connectivity index (χ4n) is 5.15. The van der Waals surface area contributed by atoms with Gasteiger partial charge in [-0.1, -0.05) is 43.3 Å². The summed E-state index contributed by atoms with van der Waals surface area (Å²) in [6, 6.07) is 19.1. The first kappa shape index (κ1) is 19.3. The first-order valence-corrected chi connectivity index (χ1v) is 10.2. The predicted octanol–water partition coefficient (Wildman–Crippen LogP) is 4.45. The third-order valence-electron chi connectivity index (χ3n) is 6.64. The van der Waals surface area contributed by atoms with Crippen molar-refractivity contribution < 1.29 is 19.4 Å². The second-order valence-corrected chi connectivity index (χ2v) is 8.05. The van der Waals surface area contributed by atoms with Crippen LogP contribution in [0.5, 0.6) is 17.2 Å². The standard InChI is InChI=1S/C25H24N2O4/c1-14-22(15-11-12-19(28)21(13-15)31-3)16-7-6-10-20(30-2)23(16)27-25(14)17-8-4-5-9-18(17)26-24(25)29/h4-14,22,27-28H,1-3H3,(H,26,29)/t14-,22+,25-/m0/s1. The van der Waals surface area contributed by atoms with Crippen LogP contribution < -0.4 is 20.1 Å². The third-order valence-corrected chi connectivity index (χ3v) is 6.64. The Morgan fingerprint density at radius 2 is 1.74 bits per heavy atom. The van der Waals surface area contributed by atoms with Crippen LogP contribution in [0.3, 0.4) is 0 Å². The van der Waals surface area contributed by atoms with Gasteiger partial charge in [-0.05, 0) is 35.4 Å². The summed E-state index contributed by atoms with van der Waals surface area (Å²) in [6.07, 6.45) is 0. The maximum atomic E-state index is 13.5. The third kappa shape index (κ3) is 2.61. The maximum Gasteiger partial charge on any atom is 0.255 e. The zero-order valence-electron chi connectivity index (χ0n) is 17.6. The fraction of sp³-hybridized carbons (Fsp3) is 0.240. The molecule has 6 nitrogen and oxygen atoms in total. The SMILES string of the molecule is COc1cc([C@@H]2c3cccc(OC)c3N[C@@]3(C(=O)Nc4ccccc43)[C@H]2C)ccc1O. The summed E-state index contributed by atoms with van der Waals surface area (Å²) in [5.74, 6) is 0.781. The van der Waals surface area contributed by atoms with Crippen molar-refractivity contribution >= 4 is 17.3 Å². The molecule has 6 heteroatoms. The number of rotatable bonds is 3. The lowest BCUT2D eigenvalue weighted by Gasteiger charge is -2.45. The molecule has 2 aliphatic heterocycles. The second kappa shape index (κ2) is 6.94. The van der Waals surface area contributed by atoms with Crippen molar-refractivity contribution in [3.8, 4) is 17.2 Å². The number of ether oxygens (including phenoxy) is 2. The Bertz CT molecular complexity index is 1190.